The topological polar surface area (TPSA) is 87.7 Å². The average Bonchev–Trinajstić information content (AvgIpc) is 2.91. The normalized spacial score (nSPS) is 16.4. The molecule has 2 N–H and O–H groups in total. The molecule has 1 fully saturated rings. The van der Waals surface area contributed by atoms with Crippen molar-refractivity contribution in [3.05, 3.63) is 34.4 Å². The van der Waals surface area contributed by atoms with Crippen LogP contribution in [0.3, 0.4) is 0 Å². The Labute approximate surface area is 163 Å². The fourth-order valence-electron chi connectivity index (χ4n) is 2.65. The van der Waals surface area contributed by atoms with Gasteiger partial charge in [-0.15, -0.1) is 0 Å². The van der Waals surface area contributed by atoms with E-state index in [0.717, 1.165) is 10.5 Å². The molecule has 0 radical (unpaired) electrons. The molecule has 1 aliphatic rings. The van der Waals surface area contributed by atoms with Crippen molar-refractivity contribution in [2.45, 2.75) is 46.4 Å². The molecule has 27 heavy (non-hydrogen) atoms. The number of imide groups is 1. The van der Waals surface area contributed by atoms with Crippen LogP contribution in [0, 0.1) is 0 Å². The van der Waals surface area contributed by atoms with E-state index in [1.807, 2.05) is 0 Å². The summed E-state index contributed by atoms with van der Waals surface area (Å²) in [5.41, 5.74) is 2.19. The molecule has 3 amide bonds. The number of nitrogens with zero attached hydrogens (tertiary/aromatic N) is 1. The highest BCUT2D eigenvalue weighted by Crippen LogP contribution is 2.33. The number of hydrogen-bond donors (Lipinski definition) is 2. The standard InChI is InChI=1S/C19H24ClN3O4/c1-10(2)14-9-17(24)23(19(14)26)13-6-7-15(20)16(8-13)21-11(3)18(25)22-12(4)27-5/h6-8,11-12,21H,9H2,1-5H3,(H,22,25). The van der Waals surface area contributed by atoms with E-state index in [2.05, 4.69) is 10.6 Å². The van der Waals surface area contributed by atoms with Gasteiger partial charge in [-0.1, -0.05) is 17.2 Å². The molecule has 8 heteroatoms. The Hall–Kier alpha value is -2.38. The van der Waals surface area contributed by atoms with Gasteiger partial charge in [0.25, 0.3) is 5.91 Å². The predicted octanol–water partition coefficient (Wildman–Crippen LogP) is 2.85. The van der Waals surface area contributed by atoms with Crippen LogP contribution in [0.2, 0.25) is 5.02 Å². The van der Waals surface area contributed by atoms with Crippen LogP contribution in [0.1, 0.15) is 34.1 Å². The van der Waals surface area contributed by atoms with Crippen LogP contribution in [-0.2, 0) is 19.1 Å². The smallest absolute Gasteiger partial charge is 0.261 e. The summed E-state index contributed by atoms with van der Waals surface area (Å²) in [7, 11) is 1.49. The van der Waals surface area contributed by atoms with Crippen molar-refractivity contribution >= 4 is 40.7 Å². The van der Waals surface area contributed by atoms with E-state index in [4.69, 9.17) is 16.3 Å². The van der Waals surface area contributed by atoms with Gasteiger partial charge in [-0.05, 0) is 45.9 Å². The Kier molecular flexibility index (Phi) is 6.62. The Balaban J connectivity index is 2.24. The third-order valence-corrected chi connectivity index (χ3v) is 4.64. The van der Waals surface area contributed by atoms with Crippen LogP contribution >= 0.6 is 11.6 Å². The summed E-state index contributed by atoms with van der Waals surface area (Å²) in [5, 5.41) is 6.06. The molecule has 2 rings (SSSR count). The van der Waals surface area contributed by atoms with Gasteiger partial charge in [0.1, 0.15) is 12.3 Å². The first-order valence-corrected chi connectivity index (χ1v) is 8.96. The first-order chi connectivity index (χ1) is 12.6. The summed E-state index contributed by atoms with van der Waals surface area (Å²) < 4.78 is 5.01. The lowest BCUT2D eigenvalue weighted by Gasteiger charge is -2.20. The van der Waals surface area contributed by atoms with Gasteiger partial charge in [0.15, 0.2) is 0 Å². The quantitative estimate of drug-likeness (QED) is 0.441. The summed E-state index contributed by atoms with van der Waals surface area (Å²) in [4.78, 5) is 38.2. The highest BCUT2D eigenvalue weighted by atomic mass is 35.5. The number of hydrogen-bond acceptors (Lipinski definition) is 5. The molecular formula is C19H24ClN3O4. The van der Waals surface area contributed by atoms with E-state index in [1.165, 1.54) is 7.11 Å². The maximum Gasteiger partial charge on any atom is 0.261 e. The van der Waals surface area contributed by atoms with Gasteiger partial charge in [-0.2, -0.15) is 0 Å². The Bertz CT molecular complexity index is 802. The van der Waals surface area contributed by atoms with Crippen molar-refractivity contribution in [2.75, 3.05) is 17.3 Å². The summed E-state index contributed by atoms with van der Waals surface area (Å²) >= 11 is 6.22. The monoisotopic (exact) mass is 393 g/mol. The maximum absolute atomic E-state index is 12.6. The number of methoxy groups -OCH3 is 1. The summed E-state index contributed by atoms with van der Waals surface area (Å²) in [6, 6.07) is 4.18. The fraction of sp³-hybridized carbons (Fsp3) is 0.421. The number of halogens is 1. The zero-order chi connectivity index (χ0) is 20.3. The zero-order valence-electron chi connectivity index (χ0n) is 16.1. The van der Waals surface area contributed by atoms with E-state index in [9.17, 15) is 14.4 Å². The molecular weight excluding hydrogens is 370 g/mol. The zero-order valence-corrected chi connectivity index (χ0v) is 16.8. The van der Waals surface area contributed by atoms with Crippen LogP contribution < -0.4 is 15.5 Å². The number of rotatable bonds is 6. The second-order valence-electron chi connectivity index (χ2n) is 6.61. The first-order valence-electron chi connectivity index (χ1n) is 8.58. The summed E-state index contributed by atoms with van der Waals surface area (Å²) in [5.74, 6) is -0.886. The number of nitrogens with one attached hydrogen (secondary N) is 2. The number of carbonyl (C=O) groups is 3. The molecule has 2 unspecified atom stereocenters. The van der Waals surface area contributed by atoms with Crippen molar-refractivity contribution in [2.24, 2.45) is 0 Å². The molecule has 1 saturated heterocycles. The molecule has 0 aromatic heterocycles. The molecule has 146 valence electrons. The Morgan fingerprint density at radius 3 is 2.48 bits per heavy atom. The first kappa shape index (κ1) is 20.9. The number of ether oxygens (including phenoxy) is 1. The third kappa shape index (κ3) is 4.67. The molecule has 0 bridgehead atoms. The maximum atomic E-state index is 12.6. The molecule has 1 aliphatic heterocycles. The molecule has 0 aliphatic carbocycles. The van der Waals surface area contributed by atoms with Crippen molar-refractivity contribution in [3.8, 4) is 0 Å². The second kappa shape index (κ2) is 8.54. The average molecular weight is 394 g/mol. The highest BCUT2D eigenvalue weighted by molar-refractivity contribution is 6.34. The molecule has 7 nitrogen and oxygen atoms in total. The summed E-state index contributed by atoms with van der Waals surface area (Å²) in [6.07, 6.45) is -0.341. The summed E-state index contributed by atoms with van der Waals surface area (Å²) in [6.45, 7) is 7.00. The molecule has 1 aromatic carbocycles. The van der Waals surface area contributed by atoms with E-state index in [-0.39, 0.29) is 24.1 Å². The number of anilines is 2. The van der Waals surface area contributed by atoms with Crippen molar-refractivity contribution in [1.82, 2.24) is 5.32 Å². The highest BCUT2D eigenvalue weighted by Gasteiger charge is 2.35. The molecule has 1 aromatic rings. The SMILES string of the molecule is COC(C)NC(=O)C(C)Nc1cc(N2C(=O)CC(=C(C)C)C2=O)ccc1Cl. The minimum absolute atomic E-state index is 0.0836. The number of benzene rings is 1. The minimum Gasteiger partial charge on any atom is -0.373 e. The van der Waals surface area contributed by atoms with E-state index < -0.39 is 12.3 Å². The Morgan fingerprint density at radius 1 is 1.26 bits per heavy atom. The molecule has 1 heterocycles. The van der Waals surface area contributed by atoms with Gasteiger partial charge in [0.05, 0.1) is 22.8 Å². The van der Waals surface area contributed by atoms with Crippen molar-refractivity contribution in [3.63, 3.8) is 0 Å². The lowest BCUT2D eigenvalue weighted by atomic mass is 10.1. The lowest BCUT2D eigenvalue weighted by Crippen LogP contribution is -2.42. The van der Waals surface area contributed by atoms with Crippen LogP contribution in [0.4, 0.5) is 11.4 Å². The van der Waals surface area contributed by atoms with Crippen molar-refractivity contribution < 1.29 is 19.1 Å². The Morgan fingerprint density at radius 2 is 1.93 bits per heavy atom. The third-order valence-electron chi connectivity index (χ3n) is 4.31. The van der Waals surface area contributed by atoms with Gasteiger partial charge in [0, 0.05) is 12.7 Å². The number of amides is 3. The minimum atomic E-state index is -0.603. The molecule has 0 saturated carbocycles. The largest absolute Gasteiger partial charge is 0.373 e. The van der Waals surface area contributed by atoms with Gasteiger partial charge in [-0.3, -0.25) is 14.4 Å². The van der Waals surface area contributed by atoms with E-state index in [0.29, 0.717) is 22.0 Å². The second-order valence-corrected chi connectivity index (χ2v) is 7.01. The van der Waals surface area contributed by atoms with Gasteiger partial charge < -0.3 is 15.4 Å². The number of carbonyl (C=O) groups excluding carboxylic acids is 3. The van der Waals surface area contributed by atoms with E-state index in [1.54, 1.807) is 45.9 Å². The predicted molar refractivity (Wildman–Crippen MR) is 105 cm³/mol. The van der Waals surface area contributed by atoms with Crippen molar-refractivity contribution in [1.29, 1.82) is 0 Å². The molecule has 2 atom stereocenters. The van der Waals surface area contributed by atoms with Gasteiger partial charge in [0.2, 0.25) is 11.8 Å². The number of allylic oxidation sites excluding steroid dienone is 1. The van der Waals surface area contributed by atoms with Crippen LogP contribution in [0.25, 0.3) is 0 Å². The van der Waals surface area contributed by atoms with Gasteiger partial charge >= 0.3 is 0 Å². The van der Waals surface area contributed by atoms with Gasteiger partial charge in [-0.25, -0.2) is 4.90 Å². The van der Waals surface area contributed by atoms with E-state index >= 15 is 0 Å². The fourth-order valence-corrected chi connectivity index (χ4v) is 2.82. The van der Waals surface area contributed by atoms with Crippen LogP contribution in [0.15, 0.2) is 29.3 Å². The van der Waals surface area contributed by atoms with Crippen LogP contribution in [0.5, 0.6) is 0 Å². The molecule has 0 spiro atoms. The van der Waals surface area contributed by atoms with Crippen LogP contribution in [-0.4, -0.2) is 37.1 Å². The lowest BCUT2D eigenvalue weighted by molar-refractivity contribution is -0.125.